The van der Waals surface area contributed by atoms with Crippen molar-refractivity contribution in [2.45, 2.75) is 31.6 Å². The predicted molar refractivity (Wildman–Crippen MR) is 71.1 cm³/mol. The highest BCUT2D eigenvalue weighted by Gasteiger charge is 2.34. The molecule has 1 saturated heterocycles. The number of hydrogen-bond donors (Lipinski definition) is 1. The summed E-state index contributed by atoms with van der Waals surface area (Å²) in [5.74, 6) is -1.23. The van der Waals surface area contributed by atoms with E-state index in [1.807, 2.05) is 4.90 Å². The molecule has 0 amide bonds. The van der Waals surface area contributed by atoms with E-state index < -0.39 is 17.6 Å². The smallest absolute Gasteiger partial charge is 0.329 e. The minimum absolute atomic E-state index is 0. The first-order valence-corrected chi connectivity index (χ1v) is 6.21. The van der Waals surface area contributed by atoms with Gasteiger partial charge in [-0.2, -0.15) is 13.2 Å². The van der Waals surface area contributed by atoms with Crippen LogP contribution in [0, 0.1) is 5.82 Å². The van der Waals surface area contributed by atoms with Crippen LogP contribution >= 0.6 is 12.4 Å². The van der Waals surface area contributed by atoms with Crippen molar-refractivity contribution in [3.05, 3.63) is 35.1 Å². The topological polar surface area (TPSA) is 29.3 Å². The molecule has 1 heterocycles. The van der Waals surface area contributed by atoms with Crippen molar-refractivity contribution < 1.29 is 17.6 Å². The number of halogens is 5. The highest BCUT2D eigenvalue weighted by Crippen LogP contribution is 2.32. The molecule has 2 nitrogen and oxygen atoms in total. The zero-order valence-corrected chi connectivity index (χ0v) is 11.6. The lowest BCUT2D eigenvalue weighted by atomic mass is 10.1. The lowest BCUT2D eigenvalue weighted by Crippen LogP contribution is -2.34. The maximum Gasteiger partial charge on any atom is 0.419 e. The van der Waals surface area contributed by atoms with Crippen molar-refractivity contribution in [3.8, 4) is 0 Å². The van der Waals surface area contributed by atoms with Gasteiger partial charge in [-0.3, -0.25) is 4.90 Å². The highest BCUT2D eigenvalue weighted by atomic mass is 35.5. The van der Waals surface area contributed by atoms with Crippen LogP contribution in [0.1, 0.15) is 24.0 Å². The number of likely N-dealkylation sites (tertiary alicyclic amines) is 1. The van der Waals surface area contributed by atoms with E-state index in [0.29, 0.717) is 18.7 Å². The van der Waals surface area contributed by atoms with Crippen LogP contribution in [0.3, 0.4) is 0 Å². The lowest BCUT2D eigenvalue weighted by Gasteiger charge is -2.23. The van der Waals surface area contributed by atoms with Gasteiger partial charge in [0.2, 0.25) is 0 Å². The van der Waals surface area contributed by atoms with Crippen LogP contribution in [0.2, 0.25) is 0 Å². The van der Waals surface area contributed by atoms with Crippen LogP contribution in [-0.4, -0.2) is 24.0 Å². The van der Waals surface area contributed by atoms with E-state index >= 15 is 0 Å². The summed E-state index contributed by atoms with van der Waals surface area (Å²) in [5, 5.41) is 0. The molecule has 0 spiro atoms. The molecule has 1 aliphatic heterocycles. The maximum atomic E-state index is 13.2. The van der Waals surface area contributed by atoms with E-state index in [2.05, 4.69) is 0 Å². The Balaban J connectivity index is 0.00000200. The zero-order valence-electron chi connectivity index (χ0n) is 10.8. The molecule has 20 heavy (non-hydrogen) atoms. The van der Waals surface area contributed by atoms with Crippen LogP contribution in [0.25, 0.3) is 0 Å². The molecule has 1 fully saturated rings. The molecule has 0 bridgehead atoms. The quantitative estimate of drug-likeness (QED) is 0.869. The molecule has 1 unspecified atom stereocenters. The van der Waals surface area contributed by atoms with Gasteiger partial charge in [-0.15, -0.1) is 12.4 Å². The van der Waals surface area contributed by atoms with Crippen molar-refractivity contribution >= 4 is 12.4 Å². The van der Waals surface area contributed by atoms with Crippen molar-refractivity contribution in [1.29, 1.82) is 0 Å². The van der Waals surface area contributed by atoms with E-state index in [1.165, 1.54) is 6.07 Å². The van der Waals surface area contributed by atoms with Gasteiger partial charge in [-0.05, 0) is 37.1 Å². The Hall–Kier alpha value is -0.850. The van der Waals surface area contributed by atoms with Crippen molar-refractivity contribution in [2.24, 2.45) is 5.73 Å². The fourth-order valence-electron chi connectivity index (χ4n) is 2.49. The zero-order chi connectivity index (χ0) is 14.0. The SMILES string of the molecule is Cl.NCC1CCCN1Cc1ccc(F)c(C(F)(F)F)c1. The fraction of sp³-hybridized carbons (Fsp3) is 0.538. The van der Waals surface area contributed by atoms with Gasteiger partial charge in [0.15, 0.2) is 0 Å². The van der Waals surface area contributed by atoms with Gasteiger partial charge in [0.05, 0.1) is 5.56 Å². The van der Waals surface area contributed by atoms with Gasteiger partial charge in [0.1, 0.15) is 5.82 Å². The Morgan fingerprint density at radius 1 is 1.30 bits per heavy atom. The second kappa shape index (κ2) is 6.74. The molecule has 1 atom stereocenters. The third kappa shape index (κ3) is 3.84. The molecular weight excluding hydrogens is 296 g/mol. The molecule has 0 aliphatic carbocycles. The normalized spacial score (nSPS) is 19.9. The summed E-state index contributed by atoms with van der Waals surface area (Å²) in [5.41, 5.74) is 4.89. The van der Waals surface area contributed by atoms with Crippen LogP contribution < -0.4 is 5.73 Å². The average molecular weight is 313 g/mol. The van der Waals surface area contributed by atoms with Crippen molar-refractivity contribution in [3.63, 3.8) is 0 Å². The Morgan fingerprint density at radius 2 is 2.00 bits per heavy atom. The summed E-state index contributed by atoms with van der Waals surface area (Å²) < 4.78 is 51.0. The number of nitrogens with zero attached hydrogens (tertiary/aromatic N) is 1. The Kier molecular flexibility index (Phi) is 5.79. The van der Waals surface area contributed by atoms with E-state index in [-0.39, 0.29) is 18.4 Å². The van der Waals surface area contributed by atoms with Crippen LogP contribution in [0.4, 0.5) is 17.6 Å². The van der Waals surface area contributed by atoms with Gasteiger partial charge in [0, 0.05) is 19.1 Å². The molecule has 2 N–H and O–H groups in total. The summed E-state index contributed by atoms with van der Waals surface area (Å²) in [4.78, 5) is 2.05. The van der Waals surface area contributed by atoms with Gasteiger partial charge < -0.3 is 5.73 Å². The first-order valence-electron chi connectivity index (χ1n) is 6.21. The molecule has 7 heteroatoms. The predicted octanol–water partition coefficient (Wildman–Crippen LogP) is 3.19. The highest BCUT2D eigenvalue weighted by molar-refractivity contribution is 5.85. The number of nitrogens with two attached hydrogens (primary N) is 1. The molecule has 0 aromatic heterocycles. The van der Waals surface area contributed by atoms with E-state index in [0.717, 1.165) is 31.5 Å². The van der Waals surface area contributed by atoms with E-state index in [4.69, 9.17) is 5.73 Å². The number of alkyl halides is 3. The number of benzene rings is 1. The van der Waals surface area contributed by atoms with Gasteiger partial charge in [-0.1, -0.05) is 6.07 Å². The average Bonchev–Trinajstić information content (AvgIpc) is 2.77. The lowest BCUT2D eigenvalue weighted by molar-refractivity contribution is -0.140. The Bertz CT molecular complexity index is 450. The summed E-state index contributed by atoms with van der Waals surface area (Å²) in [6, 6.07) is 3.38. The van der Waals surface area contributed by atoms with Gasteiger partial charge >= 0.3 is 6.18 Å². The molecule has 2 rings (SSSR count). The van der Waals surface area contributed by atoms with Crippen molar-refractivity contribution in [1.82, 2.24) is 4.90 Å². The molecule has 1 aliphatic rings. The Morgan fingerprint density at radius 3 is 2.60 bits per heavy atom. The minimum Gasteiger partial charge on any atom is -0.329 e. The second-order valence-corrected chi connectivity index (χ2v) is 4.81. The molecule has 114 valence electrons. The van der Waals surface area contributed by atoms with Crippen molar-refractivity contribution in [2.75, 3.05) is 13.1 Å². The minimum atomic E-state index is -4.65. The first kappa shape index (κ1) is 17.2. The summed E-state index contributed by atoms with van der Waals surface area (Å²) in [6.45, 7) is 1.69. The van der Waals surface area contributed by atoms with Crippen LogP contribution in [-0.2, 0) is 12.7 Å². The third-order valence-electron chi connectivity index (χ3n) is 3.49. The first-order chi connectivity index (χ1) is 8.91. The molecule has 1 aromatic carbocycles. The largest absolute Gasteiger partial charge is 0.419 e. The third-order valence-corrected chi connectivity index (χ3v) is 3.49. The van der Waals surface area contributed by atoms with E-state index in [1.54, 1.807) is 0 Å². The number of rotatable bonds is 3. The van der Waals surface area contributed by atoms with Gasteiger partial charge in [-0.25, -0.2) is 4.39 Å². The second-order valence-electron chi connectivity index (χ2n) is 4.81. The molecule has 0 saturated carbocycles. The molecular formula is C13H17ClF4N2. The van der Waals surface area contributed by atoms with Crippen LogP contribution in [0.15, 0.2) is 18.2 Å². The molecule has 0 radical (unpaired) electrons. The monoisotopic (exact) mass is 312 g/mol. The summed E-state index contributed by atoms with van der Waals surface area (Å²) in [7, 11) is 0. The fourth-order valence-corrected chi connectivity index (χ4v) is 2.49. The van der Waals surface area contributed by atoms with Gasteiger partial charge in [0.25, 0.3) is 0 Å². The Labute approximate surface area is 121 Å². The standard InChI is InChI=1S/C13H16F4N2.ClH/c14-12-4-3-9(6-11(12)13(15,16)17)8-19-5-1-2-10(19)7-18;/h3-4,6,10H,1-2,5,7-8,18H2;1H. The van der Waals surface area contributed by atoms with E-state index in [9.17, 15) is 17.6 Å². The number of hydrogen-bond acceptors (Lipinski definition) is 2. The summed E-state index contributed by atoms with van der Waals surface area (Å²) >= 11 is 0. The molecule has 1 aromatic rings. The summed E-state index contributed by atoms with van der Waals surface area (Å²) in [6.07, 6.45) is -2.70. The van der Waals surface area contributed by atoms with Crippen LogP contribution in [0.5, 0.6) is 0 Å². The maximum absolute atomic E-state index is 13.2.